The molecule has 3 aromatic carbocycles. The molecule has 238 valence electrons. The van der Waals surface area contributed by atoms with Crippen LogP contribution in [0, 0.1) is 5.92 Å². The number of carbonyl (C=O) groups is 1. The summed E-state index contributed by atoms with van der Waals surface area (Å²) in [5.74, 6) is 0.304. The lowest BCUT2D eigenvalue weighted by Gasteiger charge is -2.43. The highest BCUT2D eigenvalue weighted by atomic mass is 28.4. The molecule has 0 bridgehead atoms. The number of hydrogen-bond acceptors (Lipinski definition) is 6. The quantitative estimate of drug-likeness (QED) is 0.186. The van der Waals surface area contributed by atoms with Gasteiger partial charge in [-0.2, -0.15) is 0 Å². The summed E-state index contributed by atoms with van der Waals surface area (Å²) in [5, 5.41) is 5.59. The number of benzene rings is 3. The summed E-state index contributed by atoms with van der Waals surface area (Å²) >= 11 is 0. The molecule has 0 radical (unpaired) electrons. The zero-order valence-corrected chi connectivity index (χ0v) is 27.9. The molecular weight excluding hydrogens is 568 g/mol. The number of hydrogen-bond donors (Lipinski definition) is 1. The van der Waals surface area contributed by atoms with Crippen LogP contribution in [0.4, 0.5) is 4.79 Å². The molecule has 1 amide bonds. The molecule has 1 saturated heterocycles. The van der Waals surface area contributed by atoms with Crippen molar-refractivity contribution in [1.29, 1.82) is 0 Å². The van der Waals surface area contributed by atoms with Crippen molar-refractivity contribution >= 4 is 24.8 Å². The van der Waals surface area contributed by atoms with Gasteiger partial charge in [-0.15, -0.1) is 0 Å². The highest BCUT2D eigenvalue weighted by molar-refractivity contribution is 6.99. The molecule has 0 spiro atoms. The first-order valence-corrected chi connectivity index (χ1v) is 17.8. The number of carbonyl (C=O) groups excluding carboxylic acids is 1. The largest absolute Gasteiger partial charge is 0.445 e. The Balaban J connectivity index is 1.18. The molecule has 8 heteroatoms. The summed E-state index contributed by atoms with van der Waals surface area (Å²) in [5.41, 5.74) is 0.979. The molecule has 0 aliphatic carbocycles. The zero-order valence-electron chi connectivity index (χ0n) is 26.9. The number of nitrogens with zero attached hydrogens (tertiary/aromatic N) is 1. The van der Waals surface area contributed by atoms with E-state index in [1.165, 1.54) is 10.4 Å². The summed E-state index contributed by atoms with van der Waals surface area (Å²) in [4.78, 5) is 14.8. The molecule has 1 heterocycles. The Labute approximate surface area is 265 Å². The first-order chi connectivity index (χ1) is 21.3. The maximum absolute atomic E-state index is 12.5. The first kappa shape index (κ1) is 33.9. The molecule has 1 N–H and O–H groups in total. The molecule has 4 rings (SSSR count). The van der Waals surface area contributed by atoms with Gasteiger partial charge in [0.15, 0.2) is 0 Å². The Morgan fingerprint density at radius 3 is 1.95 bits per heavy atom. The lowest BCUT2D eigenvalue weighted by atomic mass is 9.90. The highest BCUT2D eigenvalue weighted by Gasteiger charge is 2.50. The van der Waals surface area contributed by atoms with Crippen molar-refractivity contribution in [3.05, 3.63) is 96.6 Å². The van der Waals surface area contributed by atoms with Crippen LogP contribution in [0.15, 0.2) is 91.0 Å². The SMILES string of the molecule is CN1CCC(NC(=O)OCc2ccccc2)C(CCOCCOCCO[Si](c2ccccc2)(c2ccccc2)C(C)(C)C)C1. The molecule has 44 heavy (non-hydrogen) atoms. The van der Waals surface area contributed by atoms with Crippen LogP contribution in [-0.2, 0) is 25.2 Å². The summed E-state index contributed by atoms with van der Waals surface area (Å²) in [6.45, 7) is 11.7. The molecule has 2 unspecified atom stereocenters. The van der Waals surface area contributed by atoms with Gasteiger partial charge in [-0.1, -0.05) is 112 Å². The second kappa shape index (κ2) is 16.9. The molecule has 1 fully saturated rings. The van der Waals surface area contributed by atoms with E-state index in [4.69, 9.17) is 18.6 Å². The first-order valence-electron chi connectivity index (χ1n) is 15.9. The molecule has 7 nitrogen and oxygen atoms in total. The van der Waals surface area contributed by atoms with Gasteiger partial charge in [0, 0.05) is 19.2 Å². The smallest absolute Gasteiger partial charge is 0.407 e. The Morgan fingerprint density at radius 1 is 0.818 bits per heavy atom. The maximum Gasteiger partial charge on any atom is 0.407 e. The van der Waals surface area contributed by atoms with Crippen LogP contribution in [0.2, 0.25) is 5.04 Å². The number of rotatable bonds is 15. The summed E-state index contributed by atoms with van der Waals surface area (Å²) < 4.78 is 24.3. The fourth-order valence-electron chi connectivity index (χ4n) is 6.18. The predicted octanol–water partition coefficient (Wildman–Crippen LogP) is 5.23. The van der Waals surface area contributed by atoms with Crippen molar-refractivity contribution in [3.8, 4) is 0 Å². The zero-order chi connectivity index (χ0) is 31.3. The van der Waals surface area contributed by atoms with Crippen LogP contribution < -0.4 is 15.7 Å². The standard InChI is InChI=1S/C36H50N2O5Si/c1-36(2,3)44(32-16-10-6-11-17-32,33-18-12-7-13-19-33)43-27-26-41-25-24-40-23-21-31-28-38(4)22-20-34(31)37-35(39)42-29-30-14-8-5-9-15-30/h5-19,31,34H,20-29H2,1-4H3,(H,37,39). The van der Waals surface area contributed by atoms with E-state index in [2.05, 4.69) is 98.7 Å². The van der Waals surface area contributed by atoms with Crippen LogP contribution in [0.3, 0.4) is 0 Å². The van der Waals surface area contributed by atoms with Gasteiger partial charge in [-0.05, 0) is 53.3 Å². The average Bonchev–Trinajstić information content (AvgIpc) is 3.03. The van der Waals surface area contributed by atoms with Gasteiger partial charge in [0.25, 0.3) is 8.32 Å². The van der Waals surface area contributed by atoms with Crippen molar-refractivity contribution < 1.29 is 23.4 Å². The Bertz CT molecular complexity index is 1200. The third-order valence-corrected chi connectivity index (χ3v) is 13.5. The van der Waals surface area contributed by atoms with Crippen molar-refractivity contribution in [1.82, 2.24) is 10.2 Å². The fourth-order valence-corrected chi connectivity index (χ4v) is 10.7. The van der Waals surface area contributed by atoms with Crippen molar-refractivity contribution in [2.45, 2.75) is 51.3 Å². The van der Waals surface area contributed by atoms with Crippen molar-refractivity contribution in [3.63, 3.8) is 0 Å². The third-order valence-electron chi connectivity index (χ3n) is 8.42. The van der Waals surface area contributed by atoms with E-state index < -0.39 is 8.32 Å². The van der Waals surface area contributed by atoms with Crippen molar-refractivity contribution in [2.75, 3.05) is 53.2 Å². The minimum Gasteiger partial charge on any atom is -0.445 e. The van der Waals surface area contributed by atoms with Crippen LogP contribution in [0.25, 0.3) is 0 Å². The van der Waals surface area contributed by atoms with Gasteiger partial charge >= 0.3 is 6.09 Å². The average molecular weight is 619 g/mol. The minimum atomic E-state index is -2.55. The maximum atomic E-state index is 12.5. The highest BCUT2D eigenvalue weighted by Crippen LogP contribution is 2.36. The number of piperidine rings is 1. The van der Waals surface area contributed by atoms with E-state index in [-0.39, 0.29) is 23.8 Å². The second-order valence-corrected chi connectivity index (χ2v) is 17.0. The Morgan fingerprint density at radius 2 is 1.36 bits per heavy atom. The summed E-state index contributed by atoms with van der Waals surface area (Å²) in [6, 6.07) is 31.2. The molecule has 1 aliphatic heterocycles. The second-order valence-electron chi connectivity index (χ2n) is 12.6. The number of nitrogens with one attached hydrogen (secondary N) is 1. The van der Waals surface area contributed by atoms with Crippen LogP contribution in [0.1, 0.15) is 39.2 Å². The molecule has 1 aliphatic rings. The monoisotopic (exact) mass is 618 g/mol. The number of amides is 1. The van der Waals surface area contributed by atoms with Gasteiger partial charge in [0.2, 0.25) is 0 Å². The van der Waals surface area contributed by atoms with E-state index in [0.29, 0.717) is 39.0 Å². The topological polar surface area (TPSA) is 69.3 Å². The van der Waals surface area contributed by atoms with Crippen molar-refractivity contribution in [2.24, 2.45) is 5.92 Å². The number of likely N-dealkylation sites (tertiary alicyclic amines) is 1. The van der Waals surface area contributed by atoms with E-state index >= 15 is 0 Å². The molecule has 3 aromatic rings. The fraction of sp³-hybridized carbons (Fsp3) is 0.472. The lowest BCUT2D eigenvalue weighted by molar-refractivity contribution is 0.0257. The van der Waals surface area contributed by atoms with Gasteiger partial charge in [0.05, 0.1) is 26.4 Å². The minimum absolute atomic E-state index is 0.0582. The van der Waals surface area contributed by atoms with Crippen LogP contribution in [0.5, 0.6) is 0 Å². The summed E-state index contributed by atoms with van der Waals surface area (Å²) in [6.07, 6.45) is 1.41. The van der Waals surface area contributed by atoms with E-state index in [1.807, 2.05) is 30.3 Å². The van der Waals surface area contributed by atoms with E-state index in [1.54, 1.807) is 0 Å². The van der Waals surface area contributed by atoms with Gasteiger partial charge in [-0.25, -0.2) is 4.79 Å². The molecule has 2 atom stereocenters. The Hall–Kier alpha value is -3.01. The molecule has 0 aromatic heterocycles. The van der Waals surface area contributed by atoms with Gasteiger partial charge in [0.1, 0.15) is 6.61 Å². The normalized spacial score (nSPS) is 17.7. The van der Waals surface area contributed by atoms with Gasteiger partial charge in [-0.3, -0.25) is 0 Å². The molecule has 0 saturated carbocycles. The van der Waals surface area contributed by atoms with E-state index in [9.17, 15) is 4.79 Å². The Kier molecular flexibility index (Phi) is 13.0. The third kappa shape index (κ3) is 9.49. The van der Waals surface area contributed by atoms with Gasteiger partial charge < -0.3 is 28.9 Å². The van der Waals surface area contributed by atoms with Crippen LogP contribution >= 0.6 is 0 Å². The number of alkyl carbamates (subject to hydrolysis) is 1. The number of ether oxygens (including phenoxy) is 3. The predicted molar refractivity (Wildman–Crippen MR) is 179 cm³/mol. The lowest BCUT2D eigenvalue weighted by Crippen LogP contribution is -2.66. The summed E-state index contributed by atoms with van der Waals surface area (Å²) in [7, 11) is -0.425. The van der Waals surface area contributed by atoms with Crippen LogP contribution in [-0.4, -0.2) is 78.5 Å². The molecular formula is C36H50N2O5Si. The van der Waals surface area contributed by atoms with E-state index in [0.717, 1.165) is 31.5 Å².